The molecule has 0 radical (unpaired) electrons. The average molecular weight is 287 g/mol. The molecule has 0 aromatic rings. The summed E-state index contributed by atoms with van der Waals surface area (Å²) in [5, 5.41) is 3.50. The van der Waals surface area contributed by atoms with E-state index >= 15 is 0 Å². The van der Waals surface area contributed by atoms with Gasteiger partial charge in [0, 0.05) is 19.3 Å². The number of hydrogen-bond donors (Lipinski definition) is 1. The normalized spacial score (nSPS) is 12.0. The highest BCUT2D eigenvalue weighted by molar-refractivity contribution is 4.57. The van der Waals surface area contributed by atoms with Gasteiger partial charge in [0.25, 0.3) is 0 Å². The molecule has 0 aliphatic heterocycles. The number of nitrogens with zero attached hydrogens (tertiary/aromatic N) is 1. The molecular weight excluding hydrogens is 248 g/mol. The van der Waals surface area contributed by atoms with Crippen molar-refractivity contribution in [1.82, 2.24) is 10.2 Å². The van der Waals surface area contributed by atoms with E-state index < -0.39 is 0 Å². The summed E-state index contributed by atoms with van der Waals surface area (Å²) in [4.78, 5) is 2.41. The smallest absolute Gasteiger partial charge is 0.0478 e. The summed E-state index contributed by atoms with van der Waals surface area (Å²) in [6, 6.07) is 0.663. The van der Waals surface area contributed by atoms with E-state index in [0.29, 0.717) is 6.04 Å². The Morgan fingerprint density at radius 1 is 0.900 bits per heavy atom. The fourth-order valence-electron chi connectivity index (χ4n) is 1.99. The highest BCUT2D eigenvalue weighted by Gasteiger charge is 2.01. The van der Waals surface area contributed by atoms with E-state index in [9.17, 15) is 0 Å². The van der Waals surface area contributed by atoms with Crippen molar-refractivity contribution in [1.29, 1.82) is 0 Å². The van der Waals surface area contributed by atoms with E-state index in [0.717, 1.165) is 38.6 Å². The predicted molar refractivity (Wildman–Crippen MR) is 89.4 cm³/mol. The molecule has 0 spiro atoms. The molecule has 0 saturated carbocycles. The fraction of sp³-hybridized carbons (Fsp3) is 1.00. The zero-order chi connectivity index (χ0) is 15.2. The molecule has 122 valence electrons. The first-order valence-corrected chi connectivity index (χ1v) is 8.52. The number of ether oxygens (including phenoxy) is 1. The summed E-state index contributed by atoms with van der Waals surface area (Å²) in [6.45, 7) is 14.3. The van der Waals surface area contributed by atoms with Gasteiger partial charge < -0.3 is 15.0 Å². The SMILES string of the molecule is CC(C)CCCOCCCNCCCCN(C)C(C)C. The fourth-order valence-corrected chi connectivity index (χ4v) is 1.99. The quantitative estimate of drug-likeness (QED) is 0.494. The summed E-state index contributed by atoms with van der Waals surface area (Å²) >= 11 is 0. The van der Waals surface area contributed by atoms with Crippen molar-refractivity contribution in [3.63, 3.8) is 0 Å². The molecule has 3 nitrogen and oxygen atoms in total. The van der Waals surface area contributed by atoms with Crippen LogP contribution in [0.3, 0.4) is 0 Å². The van der Waals surface area contributed by atoms with E-state index in [-0.39, 0.29) is 0 Å². The average Bonchev–Trinajstić information content (AvgIpc) is 2.39. The van der Waals surface area contributed by atoms with Gasteiger partial charge in [0.1, 0.15) is 0 Å². The number of nitrogens with one attached hydrogen (secondary N) is 1. The van der Waals surface area contributed by atoms with Crippen LogP contribution < -0.4 is 5.32 Å². The maximum atomic E-state index is 5.62. The summed E-state index contributed by atoms with van der Waals surface area (Å²) < 4.78 is 5.62. The molecule has 0 aromatic heterocycles. The van der Waals surface area contributed by atoms with Gasteiger partial charge in [-0.15, -0.1) is 0 Å². The lowest BCUT2D eigenvalue weighted by Crippen LogP contribution is -2.28. The Kier molecular flexibility index (Phi) is 13.8. The van der Waals surface area contributed by atoms with Crippen molar-refractivity contribution in [2.75, 3.05) is 39.9 Å². The van der Waals surface area contributed by atoms with Gasteiger partial charge in [0.15, 0.2) is 0 Å². The molecule has 0 amide bonds. The Hall–Kier alpha value is -0.120. The molecule has 0 saturated heterocycles. The molecule has 0 heterocycles. The summed E-state index contributed by atoms with van der Waals surface area (Å²) in [6.07, 6.45) is 6.17. The summed E-state index contributed by atoms with van der Waals surface area (Å²) in [5.41, 5.74) is 0. The van der Waals surface area contributed by atoms with Gasteiger partial charge in [-0.05, 0) is 78.6 Å². The number of hydrogen-bond acceptors (Lipinski definition) is 3. The number of unbranched alkanes of at least 4 members (excludes halogenated alkanes) is 1. The lowest BCUT2D eigenvalue weighted by Gasteiger charge is -2.20. The number of rotatable bonds is 14. The molecule has 20 heavy (non-hydrogen) atoms. The molecule has 0 atom stereocenters. The Bertz CT molecular complexity index is 195. The van der Waals surface area contributed by atoms with Gasteiger partial charge in [0.05, 0.1) is 0 Å². The molecule has 0 aromatic carbocycles. The standard InChI is InChI=1S/C17H38N2O/c1-16(2)10-8-14-20-15-9-12-18-11-6-7-13-19(5)17(3)4/h16-18H,6-15H2,1-5H3. The maximum absolute atomic E-state index is 5.62. The molecular formula is C17H38N2O. The minimum absolute atomic E-state index is 0.663. The van der Waals surface area contributed by atoms with Gasteiger partial charge in [-0.25, -0.2) is 0 Å². The molecule has 0 bridgehead atoms. The van der Waals surface area contributed by atoms with Gasteiger partial charge in [-0.1, -0.05) is 13.8 Å². The zero-order valence-corrected chi connectivity index (χ0v) is 14.6. The Morgan fingerprint density at radius 3 is 2.20 bits per heavy atom. The topological polar surface area (TPSA) is 24.5 Å². The van der Waals surface area contributed by atoms with E-state index in [1.165, 1.54) is 32.2 Å². The van der Waals surface area contributed by atoms with Crippen molar-refractivity contribution < 1.29 is 4.74 Å². The van der Waals surface area contributed by atoms with Crippen LogP contribution in [0.15, 0.2) is 0 Å². The third kappa shape index (κ3) is 14.3. The predicted octanol–water partition coefficient (Wildman–Crippen LogP) is 3.54. The first kappa shape index (κ1) is 19.9. The second kappa shape index (κ2) is 13.8. The minimum Gasteiger partial charge on any atom is -0.381 e. The van der Waals surface area contributed by atoms with Gasteiger partial charge in [0.2, 0.25) is 0 Å². The molecule has 0 aliphatic carbocycles. The Balaban J connectivity index is 3.06. The third-order valence-electron chi connectivity index (χ3n) is 3.71. The second-order valence-corrected chi connectivity index (χ2v) is 6.53. The van der Waals surface area contributed by atoms with Crippen LogP contribution in [0.1, 0.15) is 59.8 Å². The molecule has 3 heteroatoms. The summed E-state index contributed by atoms with van der Waals surface area (Å²) in [5.74, 6) is 0.801. The third-order valence-corrected chi connectivity index (χ3v) is 3.71. The van der Waals surface area contributed by atoms with Crippen molar-refractivity contribution in [2.45, 2.75) is 65.8 Å². The first-order chi connectivity index (χ1) is 9.54. The molecule has 1 N–H and O–H groups in total. The van der Waals surface area contributed by atoms with Crippen LogP contribution in [0.4, 0.5) is 0 Å². The zero-order valence-electron chi connectivity index (χ0n) is 14.6. The molecule has 0 fully saturated rings. The van der Waals surface area contributed by atoms with Crippen LogP contribution in [-0.4, -0.2) is 50.8 Å². The van der Waals surface area contributed by atoms with E-state index in [4.69, 9.17) is 4.74 Å². The maximum Gasteiger partial charge on any atom is 0.0478 e. The van der Waals surface area contributed by atoms with Crippen LogP contribution in [0.25, 0.3) is 0 Å². The van der Waals surface area contributed by atoms with Crippen LogP contribution in [0, 0.1) is 5.92 Å². The second-order valence-electron chi connectivity index (χ2n) is 6.53. The van der Waals surface area contributed by atoms with Crippen molar-refractivity contribution in [2.24, 2.45) is 5.92 Å². The van der Waals surface area contributed by atoms with Crippen LogP contribution >= 0.6 is 0 Å². The van der Waals surface area contributed by atoms with Gasteiger partial charge >= 0.3 is 0 Å². The molecule has 0 rings (SSSR count). The lowest BCUT2D eigenvalue weighted by atomic mass is 10.1. The van der Waals surface area contributed by atoms with Crippen molar-refractivity contribution >= 4 is 0 Å². The highest BCUT2D eigenvalue weighted by Crippen LogP contribution is 2.03. The summed E-state index contributed by atoms with van der Waals surface area (Å²) in [7, 11) is 2.20. The van der Waals surface area contributed by atoms with Crippen LogP contribution in [0.5, 0.6) is 0 Å². The Labute approximate surface area is 127 Å². The largest absolute Gasteiger partial charge is 0.381 e. The highest BCUT2D eigenvalue weighted by atomic mass is 16.5. The van der Waals surface area contributed by atoms with E-state index in [2.05, 4.69) is 45.0 Å². The van der Waals surface area contributed by atoms with Crippen molar-refractivity contribution in [3.8, 4) is 0 Å². The van der Waals surface area contributed by atoms with Gasteiger partial charge in [-0.2, -0.15) is 0 Å². The Morgan fingerprint density at radius 2 is 1.55 bits per heavy atom. The van der Waals surface area contributed by atoms with E-state index in [1.54, 1.807) is 0 Å². The lowest BCUT2D eigenvalue weighted by molar-refractivity contribution is 0.125. The van der Waals surface area contributed by atoms with Gasteiger partial charge in [-0.3, -0.25) is 0 Å². The van der Waals surface area contributed by atoms with Crippen LogP contribution in [0.2, 0.25) is 0 Å². The van der Waals surface area contributed by atoms with Crippen molar-refractivity contribution in [3.05, 3.63) is 0 Å². The minimum atomic E-state index is 0.663. The first-order valence-electron chi connectivity index (χ1n) is 8.52. The molecule has 0 aliphatic rings. The monoisotopic (exact) mass is 286 g/mol. The van der Waals surface area contributed by atoms with E-state index in [1.807, 2.05) is 0 Å². The molecule has 0 unspecified atom stereocenters. The van der Waals surface area contributed by atoms with Crippen LogP contribution in [-0.2, 0) is 4.74 Å².